The second kappa shape index (κ2) is 6.67. The molecule has 1 aromatic carbocycles. The molecule has 0 fully saturated rings. The summed E-state index contributed by atoms with van der Waals surface area (Å²) in [7, 11) is 0. The van der Waals surface area contributed by atoms with Crippen LogP contribution in [-0.4, -0.2) is 17.7 Å². The number of halogens is 2. The summed E-state index contributed by atoms with van der Waals surface area (Å²) >= 11 is 11.7. The average molecular weight is 320 g/mol. The largest absolute Gasteiger partial charge is 0.443 e. The number of carbonyl (C=O) groups is 2. The van der Waals surface area contributed by atoms with Gasteiger partial charge in [-0.15, -0.1) is 0 Å². The van der Waals surface area contributed by atoms with E-state index in [1.165, 1.54) is 0 Å². The number of urea groups is 1. The molecular formula is C12H15Cl2N3O3. The Labute approximate surface area is 126 Å². The van der Waals surface area contributed by atoms with E-state index in [4.69, 9.17) is 27.9 Å². The number of anilines is 1. The molecule has 0 saturated heterocycles. The molecule has 0 aliphatic heterocycles. The number of hydrazine groups is 1. The van der Waals surface area contributed by atoms with Crippen LogP contribution in [0.15, 0.2) is 18.2 Å². The van der Waals surface area contributed by atoms with Crippen LogP contribution in [0.1, 0.15) is 20.8 Å². The number of hydrogen-bond donors (Lipinski definition) is 3. The van der Waals surface area contributed by atoms with Crippen LogP contribution < -0.4 is 16.2 Å². The summed E-state index contributed by atoms with van der Waals surface area (Å²) in [6.45, 7) is 5.12. The Kier molecular flexibility index (Phi) is 5.47. The highest BCUT2D eigenvalue weighted by Crippen LogP contribution is 2.29. The Hall–Kier alpha value is -1.66. The highest BCUT2D eigenvalue weighted by Gasteiger charge is 2.16. The third-order valence-corrected chi connectivity index (χ3v) is 2.70. The van der Waals surface area contributed by atoms with E-state index in [0.29, 0.717) is 10.7 Å². The lowest BCUT2D eigenvalue weighted by Crippen LogP contribution is -2.46. The fourth-order valence-corrected chi connectivity index (χ4v) is 1.51. The SMILES string of the molecule is CC(C)(C)OC(=O)NNC(=O)Nc1cccc(Cl)c1Cl. The molecule has 3 amide bonds. The van der Waals surface area contributed by atoms with Gasteiger partial charge in [-0.25, -0.2) is 20.4 Å². The fourth-order valence-electron chi connectivity index (χ4n) is 1.17. The summed E-state index contributed by atoms with van der Waals surface area (Å²) in [5, 5.41) is 2.95. The summed E-state index contributed by atoms with van der Waals surface area (Å²) < 4.78 is 4.94. The summed E-state index contributed by atoms with van der Waals surface area (Å²) in [5.74, 6) is 0. The fraction of sp³-hybridized carbons (Fsp3) is 0.333. The van der Waals surface area contributed by atoms with Crippen LogP contribution in [0.25, 0.3) is 0 Å². The number of benzene rings is 1. The van der Waals surface area contributed by atoms with E-state index in [1.807, 2.05) is 0 Å². The molecule has 110 valence electrons. The highest BCUT2D eigenvalue weighted by atomic mass is 35.5. The van der Waals surface area contributed by atoms with Gasteiger partial charge in [-0.2, -0.15) is 0 Å². The molecule has 0 heterocycles. The van der Waals surface area contributed by atoms with Crippen LogP contribution in [0, 0.1) is 0 Å². The van der Waals surface area contributed by atoms with Gasteiger partial charge in [-0.05, 0) is 32.9 Å². The van der Waals surface area contributed by atoms with Crippen LogP contribution in [-0.2, 0) is 4.74 Å². The predicted octanol–water partition coefficient (Wildman–Crippen LogP) is 3.55. The van der Waals surface area contributed by atoms with Crippen molar-refractivity contribution in [3.63, 3.8) is 0 Å². The molecule has 0 aliphatic carbocycles. The van der Waals surface area contributed by atoms with Gasteiger partial charge in [0.1, 0.15) is 5.60 Å². The lowest BCUT2D eigenvalue weighted by atomic mass is 10.2. The third-order valence-electron chi connectivity index (χ3n) is 1.88. The summed E-state index contributed by atoms with van der Waals surface area (Å²) in [5.41, 5.74) is 3.89. The van der Waals surface area contributed by atoms with Gasteiger partial charge in [-0.3, -0.25) is 0 Å². The lowest BCUT2D eigenvalue weighted by molar-refractivity contribution is 0.0506. The molecule has 0 bridgehead atoms. The minimum atomic E-state index is -0.773. The zero-order chi connectivity index (χ0) is 15.3. The van der Waals surface area contributed by atoms with E-state index in [2.05, 4.69) is 16.2 Å². The molecule has 8 heteroatoms. The van der Waals surface area contributed by atoms with Gasteiger partial charge in [0.05, 0.1) is 15.7 Å². The van der Waals surface area contributed by atoms with Crippen LogP contribution >= 0.6 is 23.2 Å². The van der Waals surface area contributed by atoms with Crippen molar-refractivity contribution in [3.05, 3.63) is 28.2 Å². The topological polar surface area (TPSA) is 79.5 Å². The molecule has 20 heavy (non-hydrogen) atoms. The Bertz CT molecular complexity index is 515. The smallest absolute Gasteiger partial charge is 0.426 e. The van der Waals surface area contributed by atoms with Gasteiger partial charge in [0.15, 0.2) is 0 Å². The predicted molar refractivity (Wildman–Crippen MR) is 78.0 cm³/mol. The average Bonchev–Trinajstić information content (AvgIpc) is 2.30. The molecule has 6 nitrogen and oxygen atoms in total. The minimum absolute atomic E-state index is 0.210. The first-order chi connectivity index (χ1) is 9.19. The lowest BCUT2D eigenvalue weighted by Gasteiger charge is -2.19. The Morgan fingerprint density at radius 1 is 1.15 bits per heavy atom. The van der Waals surface area contributed by atoms with Crippen LogP contribution in [0.3, 0.4) is 0 Å². The molecule has 0 spiro atoms. The number of rotatable bonds is 1. The van der Waals surface area contributed by atoms with Gasteiger partial charge in [0, 0.05) is 0 Å². The van der Waals surface area contributed by atoms with Gasteiger partial charge >= 0.3 is 12.1 Å². The quantitative estimate of drug-likeness (QED) is 0.692. The highest BCUT2D eigenvalue weighted by molar-refractivity contribution is 6.43. The number of carbonyl (C=O) groups excluding carboxylic acids is 2. The minimum Gasteiger partial charge on any atom is -0.443 e. The molecule has 0 unspecified atom stereocenters. The Morgan fingerprint density at radius 3 is 2.40 bits per heavy atom. The molecular weight excluding hydrogens is 305 g/mol. The van der Waals surface area contributed by atoms with Gasteiger partial charge in [0.25, 0.3) is 0 Å². The van der Waals surface area contributed by atoms with Crippen molar-refractivity contribution in [2.75, 3.05) is 5.32 Å². The van der Waals surface area contributed by atoms with Gasteiger partial charge in [-0.1, -0.05) is 29.3 Å². The summed E-state index contributed by atoms with van der Waals surface area (Å²) in [6, 6.07) is 4.11. The second-order valence-electron chi connectivity index (χ2n) is 4.81. The van der Waals surface area contributed by atoms with Crippen molar-refractivity contribution in [1.82, 2.24) is 10.9 Å². The first-order valence-electron chi connectivity index (χ1n) is 5.69. The number of nitrogens with one attached hydrogen (secondary N) is 3. The van der Waals surface area contributed by atoms with Crippen molar-refractivity contribution in [2.45, 2.75) is 26.4 Å². The van der Waals surface area contributed by atoms with E-state index in [0.717, 1.165) is 0 Å². The van der Waals surface area contributed by atoms with Gasteiger partial charge in [0.2, 0.25) is 0 Å². The van der Waals surface area contributed by atoms with Crippen LogP contribution in [0.5, 0.6) is 0 Å². The van der Waals surface area contributed by atoms with E-state index in [9.17, 15) is 9.59 Å². The molecule has 0 radical (unpaired) electrons. The maximum atomic E-state index is 11.6. The summed E-state index contributed by atoms with van der Waals surface area (Å²) in [4.78, 5) is 22.9. The zero-order valence-electron chi connectivity index (χ0n) is 11.2. The van der Waals surface area contributed by atoms with Crippen molar-refractivity contribution < 1.29 is 14.3 Å². The molecule has 1 rings (SSSR count). The maximum Gasteiger partial charge on any atom is 0.426 e. The van der Waals surface area contributed by atoms with E-state index in [1.54, 1.807) is 39.0 Å². The van der Waals surface area contributed by atoms with E-state index >= 15 is 0 Å². The van der Waals surface area contributed by atoms with Crippen LogP contribution in [0.4, 0.5) is 15.3 Å². The zero-order valence-corrected chi connectivity index (χ0v) is 12.7. The first kappa shape index (κ1) is 16.4. The number of hydrogen-bond acceptors (Lipinski definition) is 3. The standard InChI is InChI=1S/C12H15Cl2N3O3/c1-12(2,3)20-11(19)17-16-10(18)15-8-6-4-5-7(13)9(8)14/h4-6H,1-3H3,(H,17,19)(H2,15,16,18). The third kappa shape index (κ3) is 5.54. The van der Waals surface area contributed by atoms with E-state index < -0.39 is 17.7 Å². The monoisotopic (exact) mass is 319 g/mol. The van der Waals surface area contributed by atoms with Crippen molar-refractivity contribution in [3.8, 4) is 0 Å². The molecule has 3 N–H and O–H groups in total. The van der Waals surface area contributed by atoms with Crippen LogP contribution in [0.2, 0.25) is 10.0 Å². The van der Waals surface area contributed by atoms with Crippen molar-refractivity contribution in [2.24, 2.45) is 0 Å². The normalized spacial score (nSPS) is 10.7. The number of amides is 3. The summed E-state index contributed by atoms with van der Waals surface area (Å²) in [6.07, 6.45) is -0.773. The Balaban J connectivity index is 2.49. The number of ether oxygens (including phenoxy) is 1. The van der Waals surface area contributed by atoms with Crippen molar-refractivity contribution >= 4 is 41.0 Å². The Morgan fingerprint density at radius 2 is 1.80 bits per heavy atom. The van der Waals surface area contributed by atoms with Crippen molar-refractivity contribution in [1.29, 1.82) is 0 Å². The second-order valence-corrected chi connectivity index (χ2v) is 5.59. The molecule has 0 saturated carbocycles. The first-order valence-corrected chi connectivity index (χ1v) is 6.44. The molecule has 0 aromatic heterocycles. The maximum absolute atomic E-state index is 11.6. The van der Waals surface area contributed by atoms with Gasteiger partial charge < -0.3 is 10.1 Å². The van der Waals surface area contributed by atoms with E-state index in [-0.39, 0.29) is 5.02 Å². The molecule has 0 aliphatic rings. The molecule has 0 atom stereocenters. The molecule has 1 aromatic rings.